The van der Waals surface area contributed by atoms with Gasteiger partial charge >= 0.3 is 0 Å². The van der Waals surface area contributed by atoms with Crippen LogP contribution in [-0.4, -0.2) is 21.1 Å². The number of nitrogens with one attached hydrogen (secondary N) is 1. The zero-order chi connectivity index (χ0) is 13.0. The van der Waals surface area contributed by atoms with Crippen LogP contribution >= 0.6 is 0 Å². The van der Waals surface area contributed by atoms with Gasteiger partial charge in [0.1, 0.15) is 5.54 Å². The first kappa shape index (κ1) is 13.1. The molecule has 2 unspecified atom stereocenters. The summed E-state index contributed by atoms with van der Waals surface area (Å²) in [7, 11) is 0. The minimum atomic E-state index is -0.311. The molecule has 0 radical (unpaired) electrons. The summed E-state index contributed by atoms with van der Waals surface area (Å²) in [4.78, 5) is 4.05. The lowest BCUT2D eigenvalue weighted by molar-refractivity contribution is 0.272. The molecule has 2 atom stereocenters. The summed E-state index contributed by atoms with van der Waals surface area (Å²) in [5, 5.41) is 13.1. The zero-order valence-corrected chi connectivity index (χ0v) is 11.3. The Morgan fingerprint density at radius 3 is 3.06 bits per heavy atom. The number of rotatable bonds is 5. The third-order valence-corrected chi connectivity index (χ3v) is 3.86. The Kier molecular flexibility index (Phi) is 4.03. The van der Waals surface area contributed by atoms with E-state index in [0.29, 0.717) is 12.0 Å². The van der Waals surface area contributed by atoms with Crippen molar-refractivity contribution in [3.05, 3.63) is 18.7 Å². The Hall–Kier alpha value is -1.34. The van der Waals surface area contributed by atoms with Crippen molar-refractivity contribution in [3.8, 4) is 6.07 Å². The van der Waals surface area contributed by atoms with E-state index in [1.807, 2.05) is 12.5 Å². The van der Waals surface area contributed by atoms with Gasteiger partial charge in [-0.25, -0.2) is 4.98 Å². The summed E-state index contributed by atoms with van der Waals surface area (Å²) in [6.07, 6.45) is 9.97. The highest BCUT2D eigenvalue weighted by Crippen LogP contribution is 2.38. The summed E-state index contributed by atoms with van der Waals surface area (Å²) < 4.78 is 2.09. The van der Waals surface area contributed by atoms with Crippen LogP contribution in [0.3, 0.4) is 0 Å². The Morgan fingerprint density at radius 1 is 1.61 bits per heavy atom. The number of hydrogen-bond donors (Lipinski definition) is 1. The molecule has 1 fully saturated rings. The molecule has 0 saturated heterocycles. The van der Waals surface area contributed by atoms with Gasteiger partial charge in [-0.1, -0.05) is 6.42 Å². The SMILES string of the molecule is CC(C)NC1(C#N)CCCC1CCn1ccnc1. The molecule has 1 aliphatic rings. The number of hydrogen-bond acceptors (Lipinski definition) is 3. The molecule has 0 spiro atoms. The summed E-state index contributed by atoms with van der Waals surface area (Å²) >= 11 is 0. The molecule has 4 heteroatoms. The standard InChI is InChI=1S/C14H22N4/c1-12(2)17-14(10-15)6-3-4-13(14)5-8-18-9-7-16-11-18/h7,9,11-13,17H,3-6,8H2,1-2H3. The first-order valence-corrected chi connectivity index (χ1v) is 6.81. The molecule has 2 rings (SSSR count). The van der Waals surface area contributed by atoms with Crippen molar-refractivity contribution in [2.24, 2.45) is 5.92 Å². The summed E-state index contributed by atoms with van der Waals surface area (Å²) in [5.41, 5.74) is -0.311. The van der Waals surface area contributed by atoms with Gasteiger partial charge in [-0.3, -0.25) is 5.32 Å². The van der Waals surface area contributed by atoms with Crippen LogP contribution in [0.15, 0.2) is 18.7 Å². The van der Waals surface area contributed by atoms with Crippen LogP contribution in [0.25, 0.3) is 0 Å². The molecule has 1 saturated carbocycles. The van der Waals surface area contributed by atoms with E-state index in [4.69, 9.17) is 0 Å². The van der Waals surface area contributed by atoms with E-state index in [1.54, 1.807) is 6.20 Å². The van der Waals surface area contributed by atoms with E-state index in [-0.39, 0.29) is 5.54 Å². The van der Waals surface area contributed by atoms with Crippen LogP contribution in [0.2, 0.25) is 0 Å². The maximum absolute atomic E-state index is 9.56. The monoisotopic (exact) mass is 246 g/mol. The smallest absolute Gasteiger partial charge is 0.109 e. The lowest BCUT2D eigenvalue weighted by Gasteiger charge is -2.32. The average Bonchev–Trinajstić information content (AvgIpc) is 2.95. The molecular formula is C14H22N4. The normalized spacial score (nSPS) is 27.6. The van der Waals surface area contributed by atoms with Gasteiger partial charge in [-0.05, 0) is 39.0 Å². The van der Waals surface area contributed by atoms with Crippen molar-refractivity contribution in [1.82, 2.24) is 14.9 Å². The van der Waals surface area contributed by atoms with Gasteiger partial charge in [-0.15, -0.1) is 0 Å². The average molecular weight is 246 g/mol. The molecule has 0 bridgehead atoms. The molecule has 1 aromatic rings. The van der Waals surface area contributed by atoms with E-state index in [9.17, 15) is 5.26 Å². The number of aromatic nitrogens is 2. The molecule has 1 heterocycles. The molecule has 0 aliphatic heterocycles. The van der Waals surface area contributed by atoms with Gasteiger partial charge in [0.15, 0.2) is 0 Å². The van der Waals surface area contributed by atoms with Crippen LogP contribution in [0, 0.1) is 17.2 Å². The third-order valence-electron chi connectivity index (χ3n) is 3.86. The minimum Gasteiger partial charge on any atom is -0.337 e. The molecule has 1 aromatic heterocycles. The van der Waals surface area contributed by atoms with Crippen LogP contribution < -0.4 is 5.32 Å². The number of nitrogens with zero attached hydrogens (tertiary/aromatic N) is 3. The second-order valence-corrected chi connectivity index (χ2v) is 5.56. The van der Waals surface area contributed by atoms with Gasteiger partial charge in [-0.2, -0.15) is 5.26 Å². The zero-order valence-electron chi connectivity index (χ0n) is 11.3. The predicted octanol–water partition coefficient (Wildman–Crippen LogP) is 2.33. The number of aryl methyl sites for hydroxylation is 1. The fourth-order valence-electron chi connectivity index (χ4n) is 3.08. The lowest BCUT2D eigenvalue weighted by Crippen LogP contribution is -2.50. The molecule has 0 aromatic carbocycles. The van der Waals surface area contributed by atoms with Gasteiger partial charge in [0.05, 0.1) is 12.4 Å². The van der Waals surface area contributed by atoms with Gasteiger partial charge in [0, 0.05) is 25.0 Å². The highest BCUT2D eigenvalue weighted by atomic mass is 15.0. The summed E-state index contributed by atoms with van der Waals surface area (Å²) in [5.74, 6) is 0.451. The van der Waals surface area contributed by atoms with Crippen LogP contribution in [0.1, 0.15) is 39.5 Å². The fraction of sp³-hybridized carbons (Fsp3) is 0.714. The Labute approximate surface area is 109 Å². The van der Waals surface area contributed by atoms with Crippen molar-refractivity contribution in [2.45, 2.75) is 57.7 Å². The first-order valence-electron chi connectivity index (χ1n) is 6.81. The molecule has 1 aliphatic carbocycles. The Morgan fingerprint density at radius 2 is 2.44 bits per heavy atom. The second-order valence-electron chi connectivity index (χ2n) is 5.56. The summed E-state index contributed by atoms with van der Waals surface area (Å²) in [6, 6.07) is 2.91. The fourth-order valence-corrected chi connectivity index (χ4v) is 3.08. The van der Waals surface area contributed by atoms with Crippen molar-refractivity contribution >= 4 is 0 Å². The van der Waals surface area contributed by atoms with E-state index < -0.39 is 0 Å². The van der Waals surface area contributed by atoms with Crippen LogP contribution in [0.5, 0.6) is 0 Å². The molecular weight excluding hydrogens is 224 g/mol. The van der Waals surface area contributed by atoms with Crippen molar-refractivity contribution in [3.63, 3.8) is 0 Å². The quantitative estimate of drug-likeness (QED) is 0.867. The van der Waals surface area contributed by atoms with Crippen LogP contribution in [0.4, 0.5) is 0 Å². The molecule has 4 nitrogen and oxygen atoms in total. The molecule has 1 N–H and O–H groups in total. The highest BCUT2D eigenvalue weighted by Gasteiger charge is 2.42. The van der Waals surface area contributed by atoms with E-state index in [2.05, 4.69) is 34.8 Å². The minimum absolute atomic E-state index is 0.311. The van der Waals surface area contributed by atoms with Crippen LogP contribution in [-0.2, 0) is 6.54 Å². The third kappa shape index (κ3) is 2.73. The number of nitriles is 1. The van der Waals surface area contributed by atoms with Gasteiger partial charge in [0.2, 0.25) is 0 Å². The largest absolute Gasteiger partial charge is 0.337 e. The van der Waals surface area contributed by atoms with Gasteiger partial charge in [0.25, 0.3) is 0 Å². The Balaban J connectivity index is 1.99. The second kappa shape index (κ2) is 5.53. The van der Waals surface area contributed by atoms with Crippen molar-refractivity contribution in [1.29, 1.82) is 5.26 Å². The predicted molar refractivity (Wildman–Crippen MR) is 70.8 cm³/mol. The van der Waals surface area contributed by atoms with Gasteiger partial charge < -0.3 is 4.57 Å². The molecule has 0 amide bonds. The van der Waals surface area contributed by atoms with Crippen molar-refractivity contribution < 1.29 is 0 Å². The number of imidazole rings is 1. The lowest BCUT2D eigenvalue weighted by atomic mass is 9.85. The van der Waals surface area contributed by atoms with E-state index in [1.165, 1.54) is 0 Å². The topological polar surface area (TPSA) is 53.6 Å². The van der Waals surface area contributed by atoms with E-state index in [0.717, 1.165) is 32.2 Å². The van der Waals surface area contributed by atoms with Crippen molar-refractivity contribution in [2.75, 3.05) is 0 Å². The first-order chi connectivity index (χ1) is 8.66. The maximum atomic E-state index is 9.56. The van der Waals surface area contributed by atoms with E-state index >= 15 is 0 Å². The molecule has 98 valence electrons. The summed E-state index contributed by atoms with van der Waals surface area (Å²) in [6.45, 7) is 5.18. The highest BCUT2D eigenvalue weighted by molar-refractivity contribution is 5.14. The Bertz CT molecular complexity index is 404. The molecule has 18 heavy (non-hydrogen) atoms. The maximum Gasteiger partial charge on any atom is 0.109 e.